The Bertz CT molecular complexity index is 935. The normalized spacial score (nSPS) is 12.9. The van der Waals surface area contributed by atoms with Crippen LogP contribution in [0, 0.1) is 0 Å². The molecule has 0 unspecified atom stereocenters. The van der Waals surface area contributed by atoms with Crippen LogP contribution in [0.4, 0.5) is 34.9 Å². The van der Waals surface area contributed by atoms with Crippen LogP contribution in [-0.2, 0) is 0 Å². The maximum Gasteiger partial charge on any atom is 0.229 e. The number of benzene rings is 1. The van der Waals surface area contributed by atoms with Gasteiger partial charge in [0.15, 0.2) is 0 Å². The molecule has 0 saturated carbocycles. The number of aromatic nitrogens is 4. The molecule has 6 N–H and O–H groups in total. The third kappa shape index (κ3) is 5.27. The molecule has 0 radical (unpaired) electrons. The molecule has 0 spiro atoms. The third-order valence-electron chi connectivity index (χ3n) is 3.91. The van der Waals surface area contributed by atoms with E-state index >= 15 is 0 Å². The van der Waals surface area contributed by atoms with Gasteiger partial charge in [-0.15, -0.1) is 0 Å². The van der Waals surface area contributed by atoms with Crippen LogP contribution in [0.15, 0.2) is 47.2 Å². The van der Waals surface area contributed by atoms with E-state index in [1.165, 1.54) is 0 Å². The monoisotopic (exact) mass is 444 g/mol. The maximum atomic E-state index is 9.67. The molecule has 0 fully saturated rings. The molecule has 0 saturated heterocycles. The van der Waals surface area contributed by atoms with E-state index in [1.54, 1.807) is 25.4 Å². The Labute approximate surface area is 171 Å². The summed E-state index contributed by atoms with van der Waals surface area (Å²) >= 11 is 3.41. The van der Waals surface area contributed by atoms with E-state index < -0.39 is 6.10 Å². The summed E-state index contributed by atoms with van der Waals surface area (Å²) < 4.78 is 0.715. The summed E-state index contributed by atoms with van der Waals surface area (Å²) in [7, 11) is 0. The molecule has 10 heteroatoms. The molecule has 2 aromatic heterocycles. The molecule has 9 nitrogen and oxygen atoms in total. The lowest BCUT2D eigenvalue weighted by atomic mass is 10.2. The molecule has 2 atom stereocenters. The SMILES string of the molecule is C[C@@H](O)[C@@H](C)Nc1nc(Nc2ccc(Nc3nccc(N)n3)cc2)ncc1Br. The Balaban J connectivity index is 1.68. The number of halogens is 1. The number of aliphatic hydroxyl groups excluding tert-OH is 1. The van der Waals surface area contributed by atoms with E-state index in [0.717, 1.165) is 11.4 Å². The van der Waals surface area contributed by atoms with Gasteiger partial charge >= 0.3 is 0 Å². The predicted molar refractivity (Wildman–Crippen MR) is 114 cm³/mol. The summed E-state index contributed by atoms with van der Waals surface area (Å²) in [5.41, 5.74) is 7.29. The van der Waals surface area contributed by atoms with Gasteiger partial charge in [0.1, 0.15) is 11.6 Å². The van der Waals surface area contributed by atoms with E-state index in [0.29, 0.717) is 28.0 Å². The van der Waals surface area contributed by atoms with Gasteiger partial charge in [-0.1, -0.05) is 0 Å². The molecule has 0 bridgehead atoms. The number of nitrogens with zero attached hydrogens (tertiary/aromatic N) is 4. The van der Waals surface area contributed by atoms with Gasteiger partial charge in [-0.25, -0.2) is 9.97 Å². The first-order valence-corrected chi connectivity index (χ1v) is 9.40. The topological polar surface area (TPSA) is 134 Å². The van der Waals surface area contributed by atoms with Crippen molar-refractivity contribution >= 4 is 50.8 Å². The van der Waals surface area contributed by atoms with Crippen LogP contribution in [0.3, 0.4) is 0 Å². The minimum atomic E-state index is -0.512. The van der Waals surface area contributed by atoms with Gasteiger partial charge in [-0.3, -0.25) is 0 Å². The molecule has 0 aliphatic carbocycles. The van der Waals surface area contributed by atoms with Crippen molar-refractivity contribution in [2.75, 3.05) is 21.7 Å². The Morgan fingerprint density at radius 3 is 2.14 bits per heavy atom. The smallest absolute Gasteiger partial charge is 0.229 e. The summed E-state index contributed by atoms with van der Waals surface area (Å²) in [5.74, 6) is 1.86. The molecule has 146 valence electrons. The van der Waals surface area contributed by atoms with E-state index in [-0.39, 0.29) is 6.04 Å². The van der Waals surface area contributed by atoms with Crippen LogP contribution < -0.4 is 21.7 Å². The second kappa shape index (κ2) is 8.81. The summed E-state index contributed by atoms with van der Waals surface area (Å²) in [6.07, 6.45) is 2.73. The van der Waals surface area contributed by atoms with Crippen LogP contribution in [0.25, 0.3) is 0 Å². The van der Waals surface area contributed by atoms with Crippen molar-refractivity contribution in [3.8, 4) is 0 Å². The van der Waals surface area contributed by atoms with Crippen molar-refractivity contribution in [1.82, 2.24) is 19.9 Å². The lowest BCUT2D eigenvalue weighted by molar-refractivity contribution is 0.177. The Morgan fingerprint density at radius 2 is 1.57 bits per heavy atom. The van der Waals surface area contributed by atoms with E-state index in [1.807, 2.05) is 31.2 Å². The van der Waals surface area contributed by atoms with E-state index in [2.05, 4.69) is 51.8 Å². The number of hydrogen-bond acceptors (Lipinski definition) is 9. The zero-order valence-electron chi connectivity index (χ0n) is 15.4. The quantitative estimate of drug-likeness (QED) is 0.371. The molecule has 1 aromatic carbocycles. The van der Waals surface area contributed by atoms with Gasteiger partial charge in [0.25, 0.3) is 0 Å². The van der Waals surface area contributed by atoms with Crippen LogP contribution in [-0.4, -0.2) is 37.2 Å². The summed E-state index contributed by atoms with van der Waals surface area (Å²) in [4.78, 5) is 16.9. The largest absolute Gasteiger partial charge is 0.391 e. The first-order chi connectivity index (χ1) is 13.4. The highest BCUT2D eigenvalue weighted by molar-refractivity contribution is 9.10. The molecule has 3 aromatic rings. The fourth-order valence-corrected chi connectivity index (χ4v) is 2.50. The number of nitrogen functional groups attached to an aromatic ring is 1. The highest BCUT2D eigenvalue weighted by Gasteiger charge is 2.12. The summed E-state index contributed by atoms with van der Waals surface area (Å²) in [6.45, 7) is 3.60. The number of hydrogen-bond donors (Lipinski definition) is 5. The van der Waals surface area contributed by atoms with Crippen molar-refractivity contribution in [2.45, 2.75) is 26.0 Å². The molecule has 0 amide bonds. The molecular weight excluding hydrogens is 424 g/mol. The highest BCUT2D eigenvalue weighted by atomic mass is 79.9. The van der Waals surface area contributed by atoms with E-state index in [9.17, 15) is 5.11 Å². The standard InChI is InChI=1S/C18H21BrN8O/c1-10(11(2)28)23-16-14(19)9-22-18(27-16)25-13-5-3-12(4-6-13)24-17-21-8-7-15(20)26-17/h3-11,28H,1-2H3,(H3,20,21,24,26)(H2,22,23,25,27)/t10-,11-/m1/s1. The predicted octanol–water partition coefficient (Wildman–Crippen LogP) is 3.28. The van der Waals surface area contributed by atoms with Crippen LogP contribution >= 0.6 is 15.9 Å². The second-order valence-corrected chi connectivity index (χ2v) is 7.05. The number of nitrogens with two attached hydrogens (primary N) is 1. The molecular formula is C18H21BrN8O. The minimum Gasteiger partial charge on any atom is -0.391 e. The fraction of sp³-hybridized carbons (Fsp3) is 0.222. The Kier molecular flexibility index (Phi) is 6.22. The third-order valence-corrected chi connectivity index (χ3v) is 4.49. The van der Waals surface area contributed by atoms with Crippen LogP contribution in [0.1, 0.15) is 13.8 Å². The van der Waals surface area contributed by atoms with Gasteiger partial charge < -0.3 is 26.8 Å². The van der Waals surface area contributed by atoms with Crippen LogP contribution in [0.2, 0.25) is 0 Å². The lowest BCUT2D eigenvalue weighted by Crippen LogP contribution is -2.28. The molecule has 28 heavy (non-hydrogen) atoms. The van der Waals surface area contributed by atoms with Gasteiger partial charge in [0, 0.05) is 23.8 Å². The van der Waals surface area contributed by atoms with Crippen molar-refractivity contribution in [1.29, 1.82) is 0 Å². The average molecular weight is 445 g/mol. The number of anilines is 6. The maximum absolute atomic E-state index is 9.67. The van der Waals surface area contributed by atoms with Gasteiger partial charge in [-0.05, 0) is 60.1 Å². The van der Waals surface area contributed by atoms with Crippen molar-refractivity contribution < 1.29 is 5.11 Å². The molecule has 2 heterocycles. The molecule has 0 aliphatic rings. The van der Waals surface area contributed by atoms with Crippen molar-refractivity contribution in [3.63, 3.8) is 0 Å². The second-order valence-electron chi connectivity index (χ2n) is 6.20. The Hall–Kier alpha value is -2.98. The van der Waals surface area contributed by atoms with Gasteiger partial charge in [0.2, 0.25) is 11.9 Å². The highest BCUT2D eigenvalue weighted by Crippen LogP contribution is 2.24. The van der Waals surface area contributed by atoms with Crippen LogP contribution in [0.5, 0.6) is 0 Å². The lowest BCUT2D eigenvalue weighted by Gasteiger charge is -2.18. The fourth-order valence-electron chi connectivity index (χ4n) is 2.19. The van der Waals surface area contributed by atoms with Crippen molar-refractivity contribution in [2.24, 2.45) is 0 Å². The number of aliphatic hydroxyl groups is 1. The Morgan fingerprint density at radius 1 is 0.964 bits per heavy atom. The number of nitrogens with one attached hydrogen (secondary N) is 3. The minimum absolute atomic E-state index is 0.154. The molecule has 3 rings (SSSR count). The first kappa shape index (κ1) is 19.8. The first-order valence-electron chi connectivity index (χ1n) is 8.60. The number of rotatable bonds is 7. The zero-order chi connectivity index (χ0) is 20.1. The molecule has 0 aliphatic heterocycles. The van der Waals surface area contributed by atoms with Gasteiger partial charge in [-0.2, -0.15) is 9.97 Å². The van der Waals surface area contributed by atoms with E-state index in [4.69, 9.17) is 5.73 Å². The zero-order valence-corrected chi connectivity index (χ0v) is 17.0. The van der Waals surface area contributed by atoms with Crippen molar-refractivity contribution in [3.05, 3.63) is 47.2 Å². The average Bonchev–Trinajstić information content (AvgIpc) is 2.66. The van der Waals surface area contributed by atoms with Gasteiger partial charge in [0.05, 0.1) is 16.6 Å². The summed E-state index contributed by atoms with van der Waals surface area (Å²) in [5, 5.41) is 19.1. The summed E-state index contributed by atoms with van der Waals surface area (Å²) in [6, 6.07) is 8.99.